The standard InChI is InChI=1S/C18H22N4O2/c1-14-11-20-18(22-14)21-13-15-7-8-17(19-12-15)24-10-9-23-16-5-3-2-4-6-16/h2-8,12,14H,9-11,13H2,1H3,(H2,20,21,22). The SMILES string of the molecule is CC1CN=C(NCc2ccc(OCCOc3ccccc3)nc2)N1. The maximum atomic E-state index is 5.58. The van der Waals surface area contributed by atoms with Crippen LogP contribution >= 0.6 is 0 Å². The highest BCUT2D eigenvalue weighted by atomic mass is 16.5. The average molecular weight is 326 g/mol. The number of pyridine rings is 1. The van der Waals surface area contributed by atoms with Crippen LogP contribution in [0.25, 0.3) is 0 Å². The van der Waals surface area contributed by atoms with Gasteiger partial charge in [-0.3, -0.25) is 4.99 Å². The van der Waals surface area contributed by atoms with Crippen molar-refractivity contribution in [1.29, 1.82) is 0 Å². The molecule has 1 aromatic carbocycles. The highest BCUT2D eigenvalue weighted by Gasteiger charge is 2.11. The zero-order valence-corrected chi connectivity index (χ0v) is 13.7. The van der Waals surface area contributed by atoms with Gasteiger partial charge in [0.2, 0.25) is 5.88 Å². The lowest BCUT2D eigenvalue weighted by Gasteiger charge is -2.10. The Hall–Kier alpha value is -2.76. The number of benzene rings is 1. The van der Waals surface area contributed by atoms with Gasteiger partial charge in [-0.2, -0.15) is 0 Å². The van der Waals surface area contributed by atoms with Gasteiger partial charge in [-0.1, -0.05) is 24.3 Å². The Balaban J connectivity index is 1.37. The number of guanidine groups is 1. The van der Waals surface area contributed by atoms with Crippen molar-refractivity contribution >= 4 is 5.96 Å². The molecule has 1 aliphatic rings. The lowest BCUT2D eigenvalue weighted by molar-refractivity contribution is 0.212. The van der Waals surface area contributed by atoms with Crippen molar-refractivity contribution in [2.75, 3.05) is 19.8 Å². The van der Waals surface area contributed by atoms with Gasteiger partial charge in [0.25, 0.3) is 0 Å². The lowest BCUT2D eigenvalue weighted by atomic mass is 10.3. The van der Waals surface area contributed by atoms with Crippen LogP contribution in [0.5, 0.6) is 11.6 Å². The molecule has 2 heterocycles. The van der Waals surface area contributed by atoms with Crippen LogP contribution in [0.4, 0.5) is 0 Å². The number of aliphatic imine (C=N–C) groups is 1. The summed E-state index contributed by atoms with van der Waals surface area (Å²) in [7, 11) is 0. The maximum Gasteiger partial charge on any atom is 0.213 e. The Morgan fingerprint density at radius 2 is 1.96 bits per heavy atom. The van der Waals surface area contributed by atoms with Crippen LogP contribution in [0.1, 0.15) is 12.5 Å². The quantitative estimate of drug-likeness (QED) is 0.762. The van der Waals surface area contributed by atoms with E-state index >= 15 is 0 Å². The van der Waals surface area contributed by atoms with E-state index in [9.17, 15) is 0 Å². The molecule has 126 valence electrons. The molecule has 2 N–H and O–H groups in total. The van der Waals surface area contributed by atoms with E-state index < -0.39 is 0 Å². The molecule has 3 rings (SSSR count). The Morgan fingerprint density at radius 3 is 2.67 bits per heavy atom. The molecule has 1 aromatic heterocycles. The molecule has 0 bridgehead atoms. The second-order valence-corrected chi connectivity index (χ2v) is 5.60. The molecular weight excluding hydrogens is 304 g/mol. The van der Waals surface area contributed by atoms with Gasteiger partial charge in [-0.05, 0) is 24.6 Å². The fraction of sp³-hybridized carbons (Fsp3) is 0.333. The minimum atomic E-state index is 0.402. The molecule has 0 fully saturated rings. The molecule has 1 aliphatic heterocycles. The smallest absolute Gasteiger partial charge is 0.213 e. The highest BCUT2D eigenvalue weighted by molar-refractivity contribution is 5.81. The topological polar surface area (TPSA) is 67.8 Å². The van der Waals surface area contributed by atoms with Gasteiger partial charge in [0.1, 0.15) is 19.0 Å². The summed E-state index contributed by atoms with van der Waals surface area (Å²) in [6, 6.07) is 13.9. The first kappa shape index (κ1) is 16.1. The molecule has 6 heteroatoms. The summed E-state index contributed by atoms with van der Waals surface area (Å²) in [4.78, 5) is 8.67. The Labute approximate surface area is 141 Å². The molecule has 0 amide bonds. The fourth-order valence-electron chi connectivity index (χ4n) is 2.27. The number of hydrogen-bond acceptors (Lipinski definition) is 6. The van der Waals surface area contributed by atoms with E-state index in [4.69, 9.17) is 9.47 Å². The van der Waals surface area contributed by atoms with E-state index in [0.29, 0.717) is 31.7 Å². The number of rotatable bonds is 7. The predicted octanol–water partition coefficient (Wildman–Crippen LogP) is 1.98. The molecule has 0 aliphatic carbocycles. The minimum absolute atomic E-state index is 0.402. The monoisotopic (exact) mass is 326 g/mol. The third-order valence-electron chi connectivity index (χ3n) is 3.51. The van der Waals surface area contributed by atoms with Crippen molar-refractivity contribution in [3.8, 4) is 11.6 Å². The number of nitrogens with zero attached hydrogens (tertiary/aromatic N) is 2. The molecule has 0 spiro atoms. The van der Waals surface area contributed by atoms with E-state index in [2.05, 4.69) is 27.5 Å². The van der Waals surface area contributed by atoms with Crippen LogP contribution in [0.3, 0.4) is 0 Å². The predicted molar refractivity (Wildman–Crippen MR) is 93.4 cm³/mol. The first-order chi connectivity index (χ1) is 11.8. The summed E-state index contributed by atoms with van der Waals surface area (Å²) in [5, 5.41) is 6.52. The summed E-state index contributed by atoms with van der Waals surface area (Å²) in [6.45, 7) is 4.55. The highest BCUT2D eigenvalue weighted by Crippen LogP contribution is 2.10. The van der Waals surface area contributed by atoms with Crippen LogP contribution in [0.2, 0.25) is 0 Å². The van der Waals surface area contributed by atoms with Crippen LogP contribution < -0.4 is 20.1 Å². The molecule has 1 unspecified atom stereocenters. The number of aromatic nitrogens is 1. The molecule has 6 nitrogen and oxygen atoms in total. The van der Waals surface area contributed by atoms with Crippen molar-refractivity contribution < 1.29 is 9.47 Å². The van der Waals surface area contributed by atoms with Crippen molar-refractivity contribution in [2.24, 2.45) is 4.99 Å². The largest absolute Gasteiger partial charge is 0.490 e. The summed E-state index contributed by atoms with van der Waals surface area (Å²) in [6.07, 6.45) is 1.80. The first-order valence-corrected chi connectivity index (χ1v) is 8.10. The fourth-order valence-corrected chi connectivity index (χ4v) is 2.27. The Morgan fingerprint density at radius 1 is 1.12 bits per heavy atom. The normalized spacial score (nSPS) is 16.2. The van der Waals surface area contributed by atoms with Crippen molar-refractivity contribution in [1.82, 2.24) is 15.6 Å². The van der Waals surface area contributed by atoms with Crippen molar-refractivity contribution in [2.45, 2.75) is 19.5 Å². The molecule has 24 heavy (non-hydrogen) atoms. The molecule has 1 atom stereocenters. The van der Waals surface area contributed by atoms with Gasteiger partial charge in [0.05, 0.1) is 6.54 Å². The number of hydrogen-bond donors (Lipinski definition) is 2. The van der Waals surface area contributed by atoms with E-state index in [1.807, 2.05) is 42.5 Å². The second-order valence-electron chi connectivity index (χ2n) is 5.60. The van der Waals surface area contributed by atoms with Crippen LogP contribution in [0.15, 0.2) is 53.7 Å². The van der Waals surface area contributed by atoms with Gasteiger partial charge in [-0.25, -0.2) is 4.98 Å². The van der Waals surface area contributed by atoms with Gasteiger partial charge in [0.15, 0.2) is 5.96 Å². The molecule has 0 saturated heterocycles. The van der Waals surface area contributed by atoms with E-state index in [1.54, 1.807) is 6.20 Å². The Kier molecular flexibility index (Phi) is 5.50. The van der Waals surface area contributed by atoms with Gasteiger partial charge >= 0.3 is 0 Å². The third-order valence-corrected chi connectivity index (χ3v) is 3.51. The third kappa shape index (κ3) is 4.87. The molecular formula is C18H22N4O2. The van der Waals surface area contributed by atoms with Gasteiger partial charge in [0, 0.05) is 24.8 Å². The minimum Gasteiger partial charge on any atom is -0.490 e. The summed E-state index contributed by atoms with van der Waals surface area (Å²) in [5.41, 5.74) is 1.08. The summed E-state index contributed by atoms with van der Waals surface area (Å²) in [5.74, 6) is 2.29. The van der Waals surface area contributed by atoms with Crippen LogP contribution in [-0.2, 0) is 6.54 Å². The molecule has 2 aromatic rings. The van der Waals surface area contributed by atoms with Gasteiger partial charge in [-0.15, -0.1) is 0 Å². The lowest BCUT2D eigenvalue weighted by Crippen LogP contribution is -2.37. The number of nitrogens with one attached hydrogen (secondary N) is 2. The number of para-hydroxylation sites is 1. The maximum absolute atomic E-state index is 5.58. The van der Waals surface area contributed by atoms with Crippen molar-refractivity contribution in [3.63, 3.8) is 0 Å². The Bertz CT molecular complexity index is 658. The zero-order valence-electron chi connectivity index (χ0n) is 13.7. The van der Waals surface area contributed by atoms with Gasteiger partial charge < -0.3 is 20.1 Å². The molecule has 0 saturated carbocycles. The van der Waals surface area contributed by atoms with Crippen molar-refractivity contribution in [3.05, 3.63) is 54.2 Å². The first-order valence-electron chi connectivity index (χ1n) is 8.10. The average Bonchev–Trinajstić information content (AvgIpc) is 3.04. The second kappa shape index (κ2) is 8.19. The number of ether oxygens (including phenoxy) is 2. The van der Waals surface area contributed by atoms with Crippen LogP contribution in [-0.4, -0.2) is 36.7 Å². The van der Waals surface area contributed by atoms with E-state index in [-0.39, 0.29) is 0 Å². The molecule has 0 radical (unpaired) electrons. The summed E-state index contributed by atoms with van der Waals surface area (Å²) >= 11 is 0. The zero-order chi connectivity index (χ0) is 16.6. The van der Waals surface area contributed by atoms with Crippen LogP contribution in [0, 0.1) is 0 Å². The van der Waals surface area contributed by atoms with E-state index in [0.717, 1.165) is 23.8 Å². The van der Waals surface area contributed by atoms with E-state index in [1.165, 1.54) is 0 Å². The summed E-state index contributed by atoms with van der Waals surface area (Å²) < 4.78 is 11.2.